The normalized spacial score (nSPS) is 18.2. The van der Waals surface area contributed by atoms with E-state index in [-0.39, 0.29) is 17.6 Å². The number of carbonyl (C=O) groups excluding carboxylic acids is 1. The van der Waals surface area contributed by atoms with Crippen molar-refractivity contribution in [3.8, 4) is 5.69 Å². The number of amides is 1. The zero-order valence-corrected chi connectivity index (χ0v) is 12.8. The summed E-state index contributed by atoms with van der Waals surface area (Å²) >= 11 is 0. The molecule has 24 heavy (non-hydrogen) atoms. The molecule has 3 rings (SSSR count). The predicted molar refractivity (Wildman–Crippen MR) is 81.7 cm³/mol. The van der Waals surface area contributed by atoms with Crippen LogP contribution in [0.2, 0.25) is 0 Å². The summed E-state index contributed by atoms with van der Waals surface area (Å²) in [5, 5.41) is 3.73. The molecule has 0 spiro atoms. The first-order valence-electron chi connectivity index (χ1n) is 7.64. The van der Waals surface area contributed by atoms with Crippen LogP contribution in [-0.4, -0.2) is 39.7 Å². The SMILES string of the molecule is NC[C@@H]1CCCN1C(=O)c1cccc(-n2nccc2C(F)(F)F)c1. The van der Waals surface area contributed by atoms with E-state index in [1.165, 1.54) is 12.1 Å². The van der Waals surface area contributed by atoms with Gasteiger partial charge in [-0.1, -0.05) is 6.07 Å². The summed E-state index contributed by atoms with van der Waals surface area (Å²) in [5.74, 6) is -0.217. The predicted octanol–water partition coefficient (Wildman–Crippen LogP) is 2.45. The number of nitrogens with zero attached hydrogens (tertiary/aromatic N) is 3. The van der Waals surface area contributed by atoms with Crippen molar-refractivity contribution >= 4 is 5.91 Å². The molecule has 2 N–H and O–H groups in total. The van der Waals surface area contributed by atoms with E-state index in [9.17, 15) is 18.0 Å². The molecule has 1 aromatic carbocycles. The summed E-state index contributed by atoms with van der Waals surface area (Å²) in [6.07, 6.45) is -1.71. The maximum Gasteiger partial charge on any atom is 0.433 e. The fraction of sp³-hybridized carbons (Fsp3) is 0.375. The molecule has 8 heteroatoms. The van der Waals surface area contributed by atoms with Crippen molar-refractivity contribution in [3.63, 3.8) is 0 Å². The van der Waals surface area contributed by atoms with Gasteiger partial charge in [-0.25, -0.2) is 4.68 Å². The van der Waals surface area contributed by atoms with E-state index in [0.29, 0.717) is 18.7 Å². The van der Waals surface area contributed by atoms with Crippen molar-refractivity contribution in [2.75, 3.05) is 13.1 Å². The van der Waals surface area contributed by atoms with Gasteiger partial charge in [-0.05, 0) is 37.1 Å². The van der Waals surface area contributed by atoms with Crippen molar-refractivity contribution in [2.24, 2.45) is 5.73 Å². The Morgan fingerprint density at radius 2 is 2.12 bits per heavy atom. The largest absolute Gasteiger partial charge is 0.433 e. The highest BCUT2D eigenvalue weighted by molar-refractivity contribution is 5.95. The van der Waals surface area contributed by atoms with Crippen LogP contribution in [-0.2, 0) is 6.18 Å². The maximum atomic E-state index is 13.0. The lowest BCUT2D eigenvalue weighted by molar-refractivity contribution is -0.142. The molecule has 0 aliphatic carbocycles. The van der Waals surface area contributed by atoms with Crippen LogP contribution in [0.25, 0.3) is 5.69 Å². The van der Waals surface area contributed by atoms with Crippen LogP contribution < -0.4 is 5.73 Å². The van der Waals surface area contributed by atoms with E-state index in [1.807, 2.05) is 0 Å². The Hall–Kier alpha value is -2.35. The van der Waals surface area contributed by atoms with Gasteiger partial charge >= 0.3 is 6.18 Å². The van der Waals surface area contributed by atoms with Crippen LogP contribution >= 0.6 is 0 Å². The number of benzene rings is 1. The number of likely N-dealkylation sites (tertiary alicyclic amines) is 1. The van der Waals surface area contributed by atoms with Crippen molar-refractivity contribution < 1.29 is 18.0 Å². The molecule has 1 amide bonds. The minimum atomic E-state index is -4.52. The molecule has 128 valence electrons. The van der Waals surface area contributed by atoms with Gasteiger partial charge in [0.05, 0.1) is 11.9 Å². The molecule has 2 heterocycles. The lowest BCUT2D eigenvalue weighted by Gasteiger charge is -2.23. The molecule has 0 saturated carbocycles. The lowest BCUT2D eigenvalue weighted by atomic mass is 10.1. The van der Waals surface area contributed by atoms with Gasteiger partial charge in [0.1, 0.15) is 5.69 Å². The molecule has 1 aliphatic rings. The minimum Gasteiger partial charge on any atom is -0.334 e. The highest BCUT2D eigenvalue weighted by Gasteiger charge is 2.35. The Kier molecular flexibility index (Phi) is 4.31. The molecular formula is C16H17F3N4O. The second-order valence-electron chi connectivity index (χ2n) is 5.71. The topological polar surface area (TPSA) is 64.2 Å². The van der Waals surface area contributed by atoms with E-state index >= 15 is 0 Å². The first-order chi connectivity index (χ1) is 11.4. The summed E-state index contributed by atoms with van der Waals surface area (Å²) in [5.41, 5.74) is 5.33. The molecule has 0 bridgehead atoms. The molecule has 5 nitrogen and oxygen atoms in total. The van der Waals surface area contributed by atoms with Gasteiger partial charge in [-0.15, -0.1) is 0 Å². The lowest BCUT2D eigenvalue weighted by Crippen LogP contribution is -2.39. The number of halogens is 3. The van der Waals surface area contributed by atoms with E-state index in [1.54, 1.807) is 17.0 Å². The zero-order valence-electron chi connectivity index (χ0n) is 12.8. The standard InChI is InChI=1S/C16H17F3N4O/c17-16(18,19)14-6-7-21-23(14)12-4-1-3-11(9-12)15(24)22-8-2-5-13(22)10-20/h1,3-4,6-7,9,13H,2,5,8,10,20H2/t13-/m0/s1. The van der Waals surface area contributed by atoms with E-state index < -0.39 is 11.9 Å². The van der Waals surface area contributed by atoms with Crippen LogP contribution in [0, 0.1) is 0 Å². The Bertz CT molecular complexity index is 741. The van der Waals surface area contributed by atoms with E-state index in [2.05, 4.69) is 5.10 Å². The molecular weight excluding hydrogens is 321 g/mol. The first kappa shape index (κ1) is 16.5. The van der Waals surface area contributed by atoms with Gasteiger partial charge in [0, 0.05) is 24.7 Å². The van der Waals surface area contributed by atoms with Crippen LogP contribution in [0.5, 0.6) is 0 Å². The van der Waals surface area contributed by atoms with Gasteiger partial charge in [-0.3, -0.25) is 4.79 Å². The first-order valence-corrected chi connectivity index (χ1v) is 7.64. The molecule has 1 atom stereocenters. The summed E-state index contributed by atoms with van der Waals surface area (Å²) < 4.78 is 39.9. The summed E-state index contributed by atoms with van der Waals surface area (Å²) in [6.45, 7) is 0.989. The Balaban J connectivity index is 1.93. The third kappa shape index (κ3) is 3.01. The summed E-state index contributed by atoms with van der Waals surface area (Å²) in [4.78, 5) is 14.3. The molecule has 2 aromatic rings. The number of aromatic nitrogens is 2. The molecule has 0 radical (unpaired) electrons. The van der Waals surface area contributed by atoms with Crippen LogP contribution in [0.15, 0.2) is 36.5 Å². The van der Waals surface area contributed by atoms with Crippen molar-refractivity contribution in [1.29, 1.82) is 0 Å². The van der Waals surface area contributed by atoms with E-state index in [4.69, 9.17) is 5.73 Å². The highest BCUT2D eigenvalue weighted by atomic mass is 19.4. The average Bonchev–Trinajstić information content (AvgIpc) is 3.22. The number of carbonyl (C=O) groups is 1. The smallest absolute Gasteiger partial charge is 0.334 e. The van der Waals surface area contributed by atoms with Crippen molar-refractivity contribution in [2.45, 2.75) is 25.1 Å². The maximum absolute atomic E-state index is 13.0. The molecule has 0 unspecified atom stereocenters. The molecule has 1 aromatic heterocycles. The van der Waals surface area contributed by atoms with Gasteiger partial charge in [-0.2, -0.15) is 18.3 Å². The van der Waals surface area contributed by atoms with E-state index in [0.717, 1.165) is 29.8 Å². The second kappa shape index (κ2) is 6.27. The van der Waals surface area contributed by atoms with Crippen molar-refractivity contribution in [1.82, 2.24) is 14.7 Å². The third-order valence-electron chi connectivity index (χ3n) is 4.18. The third-order valence-corrected chi connectivity index (χ3v) is 4.18. The molecule has 1 aliphatic heterocycles. The van der Waals surface area contributed by atoms with Crippen LogP contribution in [0.3, 0.4) is 0 Å². The van der Waals surface area contributed by atoms with Gasteiger partial charge in [0.15, 0.2) is 0 Å². The minimum absolute atomic E-state index is 0.0170. The summed E-state index contributed by atoms with van der Waals surface area (Å²) in [7, 11) is 0. The number of alkyl halides is 3. The highest BCUT2D eigenvalue weighted by Crippen LogP contribution is 2.30. The average molecular weight is 338 g/mol. The Morgan fingerprint density at radius 1 is 1.33 bits per heavy atom. The van der Waals surface area contributed by atoms with Gasteiger partial charge < -0.3 is 10.6 Å². The number of hydrogen-bond acceptors (Lipinski definition) is 3. The van der Waals surface area contributed by atoms with Gasteiger partial charge in [0.2, 0.25) is 0 Å². The monoisotopic (exact) mass is 338 g/mol. The Labute approximate surface area is 136 Å². The van der Waals surface area contributed by atoms with Crippen LogP contribution in [0.1, 0.15) is 28.9 Å². The van der Waals surface area contributed by atoms with Crippen molar-refractivity contribution in [3.05, 3.63) is 47.8 Å². The second-order valence-corrected chi connectivity index (χ2v) is 5.71. The molecule has 1 saturated heterocycles. The van der Waals surface area contributed by atoms with Gasteiger partial charge in [0.25, 0.3) is 5.91 Å². The fourth-order valence-corrected chi connectivity index (χ4v) is 3.01. The quantitative estimate of drug-likeness (QED) is 0.935. The van der Waals surface area contributed by atoms with Crippen LogP contribution in [0.4, 0.5) is 13.2 Å². The zero-order chi connectivity index (χ0) is 17.3. The fourth-order valence-electron chi connectivity index (χ4n) is 3.01. The number of rotatable bonds is 3. The number of nitrogens with two attached hydrogens (primary N) is 1. The number of hydrogen-bond donors (Lipinski definition) is 1. The Morgan fingerprint density at radius 3 is 2.83 bits per heavy atom. The molecule has 1 fully saturated rings. The summed E-state index contributed by atoms with van der Waals surface area (Å²) in [6, 6.07) is 6.95.